The van der Waals surface area contributed by atoms with Gasteiger partial charge >= 0.3 is 0 Å². The molecule has 3 aromatic carbocycles. The molecular weight excluding hydrogens is 380 g/mol. The molecule has 0 aliphatic carbocycles. The van der Waals surface area contributed by atoms with Gasteiger partial charge in [0.25, 0.3) is 0 Å². The molecule has 0 fully saturated rings. The molecular formula is C27H22N4. The first-order valence-corrected chi connectivity index (χ1v) is 10.3. The zero-order chi connectivity index (χ0) is 21.5. The Balaban J connectivity index is 1.64. The third kappa shape index (κ3) is 3.21. The fourth-order valence-electron chi connectivity index (χ4n) is 4.27. The highest BCUT2D eigenvalue weighted by molar-refractivity contribution is 5.92. The van der Waals surface area contributed by atoms with Gasteiger partial charge in [0, 0.05) is 16.8 Å². The maximum Gasteiger partial charge on any atom is 0.149 e. The Morgan fingerprint density at radius 3 is 2.65 bits per heavy atom. The summed E-state index contributed by atoms with van der Waals surface area (Å²) in [6, 6.07) is 25.3. The molecule has 150 valence electrons. The average molecular weight is 403 g/mol. The number of nitrogens with zero attached hydrogens (tertiary/aromatic N) is 3. The van der Waals surface area contributed by atoms with Crippen LogP contribution >= 0.6 is 0 Å². The topological polar surface area (TPSA) is 57.4 Å². The van der Waals surface area contributed by atoms with E-state index < -0.39 is 0 Å². The molecule has 0 saturated heterocycles. The van der Waals surface area contributed by atoms with E-state index in [-0.39, 0.29) is 0 Å². The first-order valence-electron chi connectivity index (χ1n) is 10.3. The van der Waals surface area contributed by atoms with Gasteiger partial charge in [0.1, 0.15) is 11.9 Å². The van der Waals surface area contributed by atoms with Crippen LogP contribution in [-0.2, 0) is 0 Å². The highest BCUT2D eigenvalue weighted by atomic mass is 15.0. The molecule has 0 spiro atoms. The van der Waals surface area contributed by atoms with Crippen LogP contribution in [0.5, 0.6) is 0 Å². The number of imidazole rings is 1. The smallest absolute Gasteiger partial charge is 0.149 e. The lowest BCUT2D eigenvalue weighted by molar-refractivity contribution is 0.973. The number of aryl methyl sites for hydroxylation is 2. The van der Waals surface area contributed by atoms with Crippen LogP contribution in [0, 0.1) is 32.1 Å². The molecule has 0 unspecified atom stereocenters. The molecule has 31 heavy (non-hydrogen) atoms. The van der Waals surface area contributed by atoms with E-state index in [0.717, 1.165) is 39.2 Å². The summed E-state index contributed by atoms with van der Waals surface area (Å²) in [4.78, 5) is 7.92. The van der Waals surface area contributed by atoms with E-state index in [1.165, 1.54) is 10.8 Å². The van der Waals surface area contributed by atoms with E-state index in [4.69, 9.17) is 0 Å². The number of hydrogen-bond acceptors (Lipinski definition) is 2. The number of aromatic amines is 1. The van der Waals surface area contributed by atoms with Crippen molar-refractivity contribution in [2.24, 2.45) is 0 Å². The summed E-state index contributed by atoms with van der Waals surface area (Å²) < 4.78 is 2.26. The molecule has 4 heteroatoms. The number of hydrogen-bond donors (Lipinski definition) is 1. The highest BCUT2D eigenvalue weighted by Gasteiger charge is 2.14. The lowest BCUT2D eigenvalue weighted by atomic mass is 10.1. The molecule has 0 saturated carbocycles. The van der Waals surface area contributed by atoms with Crippen molar-refractivity contribution in [3.05, 3.63) is 95.1 Å². The summed E-state index contributed by atoms with van der Waals surface area (Å²) in [6.45, 7) is 6.24. The average Bonchev–Trinajstić information content (AvgIpc) is 3.31. The van der Waals surface area contributed by atoms with Crippen molar-refractivity contribution < 1.29 is 0 Å². The summed E-state index contributed by atoms with van der Waals surface area (Å²) in [6.07, 6.45) is 1.93. The number of fused-ring (bicyclic) bond motifs is 2. The highest BCUT2D eigenvalue weighted by Crippen LogP contribution is 2.29. The van der Waals surface area contributed by atoms with E-state index in [1.807, 2.05) is 31.2 Å². The van der Waals surface area contributed by atoms with E-state index >= 15 is 0 Å². The number of H-pyrrole nitrogens is 1. The maximum absolute atomic E-state index is 9.86. The number of benzene rings is 3. The Labute approximate surface area is 181 Å². The molecule has 0 aliphatic rings. The summed E-state index contributed by atoms with van der Waals surface area (Å²) in [5.41, 5.74) is 7.85. The van der Waals surface area contributed by atoms with Gasteiger partial charge in [0.05, 0.1) is 22.3 Å². The predicted molar refractivity (Wildman–Crippen MR) is 127 cm³/mol. The van der Waals surface area contributed by atoms with E-state index in [2.05, 4.69) is 83.0 Å². The zero-order valence-corrected chi connectivity index (χ0v) is 17.8. The van der Waals surface area contributed by atoms with Crippen LogP contribution in [0.4, 0.5) is 0 Å². The van der Waals surface area contributed by atoms with Gasteiger partial charge in [0.15, 0.2) is 0 Å². The fraction of sp³-hybridized carbons (Fsp3) is 0.111. The van der Waals surface area contributed by atoms with E-state index in [0.29, 0.717) is 11.4 Å². The number of rotatable bonds is 3. The SMILES string of the molecule is Cc1ccc2nc(/C(C#N)=C\c3cc(C)n(-c4cccc5ccccc45)c3C)[nH]c2c1. The van der Waals surface area contributed by atoms with Crippen molar-refractivity contribution in [1.82, 2.24) is 14.5 Å². The first kappa shape index (κ1) is 18.9. The van der Waals surface area contributed by atoms with Crippen molar-refractivity contribution in [1.29, 1.82) is 5.26 Å². The third-order valence-electron chi connectivity index (χ3n) is 5.79. The number of allylic oxidation sites excluding steroid dienone is 1. The summed E-state index contributed by atoms with van der Waals surface area (Å²) in [7, 11) is 0. The minimum absolute atomic E-state index is 0.520. The van der Waals surface area contributed by atoms with Crippen LogP contribution in [0.25, 0.3) is 39.1 Å². The van der Waals surface area contributed by atoms with Crippen LogP contribution in [0.15, 0.2) is 66.7 Å². The lowest BCUT2D eigenvalue weighted by Gasteiger charge is -2.13. The molecule has 0 amide bonds. The lowest BCUT2D eigenvalue weighted by Crippen LogP contribution is -2.00. The first-order chi connectivity index (χ1) is 15.0. The minimum atomic E-state index is 0.520. The normalized spacial score (nSPS) is 11.9. The molecule has 2 aromatic heterocycles. The molecule has 0 radical (unpaired) electrons. The predicted octanol–water partition coefficient (Wildman–Crippen LogP) is 6.50. The molecule has 0 aliphatic heterocycles. The molecule has 0 bridgehead atoms. The minimum Gasteiger partial charge on any atom is -0.337 e. The Morgan fingerprint density at radius 1 is 1.00 bits per heavy atom. The molecule has 0 atom stereocenters. The standard InChI is InChI=1S/C27H22N4/c1-17-11-12-24-25(13-17)30-27(29-24)22(16-28)15-21-14-18(2)31(19(21)3)26-10-6-8-20-7-4-5-9-23(20)26/h4-15H,1-3H3,(H,29,30)/b22-15-. The van der Waals surface area contributed by atoms with Crippen LogP contribution in [0.3, 0.4) is 0 Å². The molecule has 4 nitrogen and oxygen atoms in total. The number of nitriles is 1. The van der Waals surface area contributed by atoms with Gasteiger partial charge < -0.3 is 9.55 Å². The summed E-state index contributed by atoms with van der Waals surface area (Å²) in [5, 5.41) is 12.3. The van der Waals surface area contributed by atoms with Crippen molar-refractivity contribution >= 4 is 33.5 Å². The monoisotopic (exact) mass is 402 g/mol. The third-order valence-corrected chi connectivity index (χ3v) is 5.79. The fourth-order valence-corrected chi connectivity index (χ4v) is 4.27. The Hall–Kier alpha value is -4.10. The van der Waals surface area contributed by atoms with E-state index in [9.17, 15) is 5.26 Å². The van der Waals surface area contributed by atoms with Gasteiger partial charge in [-0.2, -0.15) is 5.26 Å². The van der Waals surface area contributed by atoms with Gasteiger partial charge in [-0.15, -0.1) is 0 Å². The molecule has 5 aromatic rings. The Kier molecular flexibility index (Phi) is 4.45. The largest absolute Gasteiger partial charge is 0.337 e. The van der Waals surface area contributed by atoms with Crippen LogP contribution < -0.4 is 0 Å². The number of aromatic nitrogens is 3. The quantitative estimate of drug-likeness (QED) is 0.350. The second-order valence-electron chi connectivity index (χ2n) is 7.94. The Bertz CT molecular complexity index is 1520. The van der Waals surface area contributed by atoms with Crippen molar-refractivity contribution in [2.75, 3.05) is 0 Å². The molecule has 5 rings (SSSR count). The Morgan fingerprint density at radius 2 is 1.81 bits per heavy atom. The van der Waals surface area contributed by atoms with Crippen LogP contribution in [0.1, 0.15) is 28.3 Å². The van der Waals surface area contributed by atoms with Gasteiger partial charge in [-0.25, -0.2) is 4.98 Å². The zero-order valence-electron chi connectivity index (χ0n) is 17.8. The van der Waals surface area contributed by atoms with Gasteiger partial charge in [0.2, 0.25) is 0 Å². The van der Waals surface area contributed by atoms with Gasteiger partial charge in [-0.05, 0) is 67.6 Å². The second-order valence-corrected chi connectivity index (χ2v) is 7.94. The molecule has 1 N–H and O–H groups in total. The maximum atomic E-state index is 9.86. The van der Waals surface area contributed by atoms with Crippen molar-refractivity contribution in [3.8, 4) is 11.8 Å². The number of nitrogens with one attached hydrogen (secondary N) is 1. The van der Waals surface area contributed by atoms with E-state index in [1.54, 1.807) is 0 Å². The summed E-state index contributed by atoms with van der Waals surface area (Å²) in [5.74, 6) is 0.595. The summed E-state index contributed by atoms with van der Waals surface area (Å²) >= 11 is 0. The van der Waals surface area contributed by atoms with Crippen LogP contribution in [-0.4, -0.2) is 14.5 Å². The van der Waals surface area contributed by atoms with Gasteiger partial charge in [-0.1, -0.05) is 42.5 Å². The molecule has 2 heterocycles. The second kappa shape index (κ2) is 7.30. The van der Waals surface area contributed by atoms with Crippen molar-refractivity contribution in [2.45, 2.75) is 20.8 Å². The van der Waals surface area contributed by atoms with Crippen molar-refractivity contribution in [3.63, 3.8) is 0 Å². The van der Waals surface area contributed by atoms with Gasteiger partial charge in [-0.3, -0.25) is 0 Å². The van der Waals surface area contributed by atoms with Crippen LogP contribution in [0.2, 0.25) is 0 Å².